The van der Waals surface area contributed by atoms with Gasteiger partial charge in [0.25, 0.3) is 0 Å². The van der Waals surface area contributed by atoms with E-state index in [-0.39, 0.29) is 11.0 Å². The van der Waals surface area contributed by atoms with E-state index in [1.54, 1.807) is 0 Å². The number of rotatable bonds is 13. The van der Waals surface area contributed by atoms with Gasteiger partial charge in [-0.25, -0.2) is 9.36 Å². The Labute approximate surface area is 230 Å². The van der Waals surface area contributed by atoms with Crippen LogP contribution in [0.15, 0.2) is 42.7 Å². The van der Waals surface area contributed by atoms with Crippen molar-refractivity contribution in [1.29, 1.82) is 0 Å². The highest BCUT2D eigenvalue weighted by Gasteiger charge is 2.32. The zero-order valence-corrected chi connectivity index (χ0v) is 25.4. The van der Waals surface area contributed by atoms with Gasteiger partial charge in [-0.1, -0.05) is 96.2 Å². The number of benzene rings is 1. The molecule has 1 aromatic carbocycles. The zero-order valence-electron chi connectivity index (χ0n) is 25.4. The maximum Gasteiger partial charge on any atom is 0.0859 e. The molecule has 0 spiro atoms. The topological polar surface area (TPSA) is 61.4 Å². The Bertz CT molecular complexity index is 1160. The molecule has 6 heteroatoms. The van der Waals surface area contributed by atoms with Crippen LogP contribution in [0.5, 0.6) is 0 Å². The minimum absolute atomic E-state index is 0.105. The third kappa shape index (κ3) is 8.12. The molecule has 208 valence electrons. The van der Waals surface area contributed by atoms with Gasteiger partial charge in [-0.3, -0.25) is 0 Å². The molecule has 0 saturated heterocycles. The van der Waals surface area contributed by atoms with Crippen molar-refractivity contribution < 1.29 is 0 Å². The van der Waals surface area contributed by atoms with Crippen molar-refractivity contribution in [3.63, 3.8) is 0 Å². The number of aromatic nitrogens is 6. The van der Waals surface area contributed by atoms with Crippen molar-refractivity contribution in [2.24, 2.45) is 17.3 Å². The van der Waals surface area contributed by atoms with Crippen LogP contribution in [0, 0.1) is 17.3 Å². The van der Waals surface area contributed by atoms with E-state index >= 15 is 0 Å². The quantitative estimate of drug-likeness (QED) is 0.231. The molecule has 0 aliphatic rings. The number of hydrogen-bond acceptors (Lipinski definition) is 4. The molecule has 0 amide bonds. The van der Waals surface area contributed by atoms with E-state index in [0.29, 0.717) is 23.7 Å². The standard InChI is InChI=1S/C32H50N6/c1-11-25(5)29-20-37(35-33-29)17-16-24(4)18-27-12-14-28(15-13-27)19-31(7,8)22-32(9,10)38-21-30(34-36-38)26(6)23(2)3/h12-17,20-21,23-26H,11,18-19,22H2,1-10H3/b17-16+. The summed E-state index contributed by atoms with van der Waals surface area (Å²) >= 11 is 0. The second kappa shape index (κ2) is 12.4. The number of nitrogens with zero attached hydrogens (tertiary/aromatic N) is 6. The van der Waals surface area contributed by atoms with Crippen molar-refractivity contribution >= 4 is 6.20 Å². The number of hydrogen-bond donors (Lipinski definition) is 0. The fourth-order valence-corrected chi connectivity index (χ4v) is 5.26. The second-order valence-corrected chi connectivity index (χ2v) is 13.2. The molecule has 0 N–H and O–H groups in total. The summed E-state index contributed by atoms with van der Waals surface area (Å²) in [6.07, 6.45) is 12.6. The Hall–Kier alpha value is -2.76. The van der Waals surface area contributed by atoms with Crippen LogP contribution in [-0.2, 0) is 18.4 Å². The minimum Gasteiger partial charge on any atom is -0.247 e. The average Bonchev–Trinajstić information content (AvgIpc) is 3.53. The summed E-state index contributed by atoms with van der Waals surface area (Å²) in [7, 11) is 0. The summed E-state index contributed by atoms with van der Waals surface area (Å²) in [6, 6.07) is 9.17. The van der Waals surface area contributed by atoms with Gasteiger partial charge in [0.1, 0.15) is 0 Å². The van der Waals surface area contributed by atoms with Crippen molar-refractivity contribution in [1.82, 2.24) is 30.0 Å². The van der Waals surface area contributed by atoms with Crippen LogP contribution in [0.4, 0.5) is 0 Å². The molecule has 6 nitrogen and oxygen atoms in total. The highest BCUT2D eigenvalue weighted by atomic mass is 15.4. The van der Waals surface area contributed by atoms with Crippen LogP contribution in [0.25, 0.3) is 6.20 Å². The molecule has 0 radical (unpaired) electrons. The van der Waals surface area contributed by atoms with Crippen LogP contribution < -0.4 is 0 Å². The van der Waals surface area contributed by atoms with Gasteiger partial charge in [-0.05, 0) is 67.9 Å². The Morgan fingerprint density at radius 1 is 0.842 bits per heavy atom. The Morgan fingerprint density at radius 2 is 1.47 bits per heavy atom. The highest BCUT2D eigenvalue weighted by Crippen LogP contribution is 2.36. The Kier molecular flexibility index (Phi) is 9.72. The molecule has 38 heavy (non-hydrogen) atoms. The first-order valence-electron chi connectivity index (χ1n) is 14.4. The van der Waals surface area contributed by atoms with Crippen molar-refractivity contribution in [2.75, 3.05) is 0 Å². The van der Waals surface area contributed by atoms with E-state index in [1.165, 1.54) is 11.1 Å². The van der Waals surface area contributed by atoms with Gasteiger partial charge in [0.2, 0.25) is 0 Å². The van der Waals surface area contributed by atoms with Gasteiger partial charge in [0.15, 0.2) is 0 Å². The van der Waals surface area contributed by atoms with Crippen LogP contribution in [0.2, 0.25) is 0 Å². The summed E-state index contributed by atoms with van der Waals surface area (Å²) in [5.41, 5.74) is 4.90. The molecule has 3 atom stereocenters. The molecule has 3 rings (SSSR count). The van der Waals surface area contributed by atoms with E-state index < -0.39 is 0 Å². The zero-order chi connectivity index (χ0) is 28.1. The van der Waals surface area contributed by atoms with E-state index in [9.17, 15) is 0 Å². The first kappa shape index (κ1) is 29.8. The van der Waals surface area contributed by atoms with Crippen molar-refractivity contribution in [2.45, 2.75) is 112 Å². The molecule has 0 bridgehead atoms. The van der Waals surface area contributed by atoms with E-state index in [1.807, 2.05) is 17.1 Å². The van der Waals surface area contributed by atoms with E-state index in [2.05, 4.69) is 131 Å². The maximum absolute atomic E-state index is 4.52. The monoisotopic (exact) mass is 518 g/mol. The molecule has 0 saturated carbocycles. The van der Waals surface area contributed by atoms with Gasteiger partial charge in [-0.15, -0.1) is 10.2 Å². The normalized spacial score (nSPS) is 15.3. The largest absolute Gasteiger partial charge is 0.247 e. The summed E-state index contributed by atoms with van der Waals surface area (Å²) in [6.45, 7) is 22.6. The molecule has 0 aliphatic heterocycles. The van der Waals surface area contributed by atoms with Gasteiger partial charge in [0.05, 0.1) is 23.1 Å². The lowest BCUT2D eigenvalue weighted by Gasteiger charge is -2.35. The smallest absolute Gasteiger partial charge is 0.0859 e. The van der Waals surface area contributed by atoms with Gasteiger partial charge < -0.3 is 0 Å². The Balaban J connectivity index is 1.56. The average molecular weight is 519 g/mol. The fraction of sp³-hybridized carbons (Fsp3) is 0.625. The molecule has 0 aliphatic carbocycles. The molecule has 3 aromatic rings. The van der Waals surface area contributed by atoms with Gasteiger partial charge in [-0.2, -0.15) is 0 Å². The first-order chi connectivity index (χ1) is 17.8. The molecular formula is C32H50N6. The lowest BCUT2D eigenvalue weighted by atomic mass is 9.76. The third-order valence-electron chi connectivity index (χ3n) is 7.98. The predicted molar refractivity (Wildman–Crippen MR) is 158 cm³/mol. The van der Waals surface area contributed by atoms with Crippen LogP contribution in [-0.4, -0.2) is 30.0 Å². The molecule has 2 aromatic heterocycles. The van der Waals surface area contributed by atoms with Crippen molar-refractivity contribution in [3.05, 3.63) is 65.2 Å². The van der Waals surface area contributed by atoms with Gasteiger partial charge in [0, 0.05) is 24.2 Å². The molecule has 0 fully saturated rings. The lowest BCUT2D eigenvalue weighted by molar-refractivity contribution is 0.179. The molecule has 3 unspecified atom stereocenters. The van der Waals surface area contributed by atoms with Crippen LogP contribution in [0.3, 0.4) is 0 Å². The SMILES string of the molecule is CCC(C)c1cn(/C=C/C(C)Cc2ccc(CC(C)(C)CC(C)(C)n3cc(C(C)C(C)C)nn3)cc2)nn1. The van der Waals surface area contributed by atoms with Crippen LogP contribution in [0.1, 0.15) is 116 Å². The van der Waals surface area contributed by atoms with E-state index in [4.69, 9.17) is 0 Å². The second-order valence-electron chi connectivity index (χ2n) is 13.2. The van der Waals surface area contributed by atoms with Crippen LogP contribution >= 0.6 is 0 Å². The predicted octanol–water partition coefficient (Wildman–Crippen LogP) is 7.89. The number of allylic oxidation sites excluding steroid dienone is 1. The fourth-order valence-electron chi connectivity index (χ4n) is 5.26. The summed E-state index contributed by atoms with van der Waals surface area (Å²) in [4.78, 5) is 0. The summed E-state index contributed by atoms with van der Waals surface area (Å²) in [5.74, 6) is 1.82. The highest BCUT2D eigenvalue weighted by molar-refractivity contribution is 5.27. The lowest BCUT2D eigenvalue weighted by Crippen LogP contribution is -2.34. The molecular weight excluding hydrogens is 468 g/mol. The summed E-state index contributed by atoms with van der Waals surface area (Å²) in [5, 5.41) is 17.5. The Morgan fingerprint density at radius 3 is 2.11 bits per heavy atom. The third-order valence-corrected chi connectivity index (χ3v) is 7.98. The summed E-state index contributed by atoms with van der Waals surface area (Å²) < 4.78 is 3.90. The first-order valence-corrected chi connectivity index (χ1v) is 14.4. The van der Waals surface area contributed by atoms with Gasteiger partial charge >= 0.3 is 0 Å². The van der Waals surface area contributed by atoms with E-state index in [0.717, 1.165) is 37.1 Å². The minimum atomic E-state index is -0.105. The van der Waals surface area contributed by atoms with Crippen molar-refractivity contribution in [3.8, 4) is 0 Å². The maximum atomic E-state index is 4.52. The molecule has 2 heterocycles.